The molecule has 0 heterocycles. The predicted octanol–water partition coefficient (Wildman–Crippen LogP) is 4.25. The molecule has 0 saturated heterocycles. The molecule has 3 rings (SSSR count). The zero-order chi connectivity index (χ0) is 20.9. The minimum absolute atomic E-state index is 0.0380. The largest absolute Gasteiger partial charge is 0.573 e. The van der Waals surface area contributed by atoms with Crippen LogP contribution in [0, 0.1) is 5.92 Å². The van der Waals surface area contributed by atoms with Gasteiger partial charge in [-0.15, -0.1) is 13.2 Å². The summed E-state index contributed by atoms with van der Waals surface area (Å²) in [6.07, 6.45) is -1.78. The van der Waals surface area contributed by atoms with E-state index in [1.165, 1.54) is 24.3 Å². The lowest BCUT2D eigenvalue weighted by Crippen LogP contribution is -2.28. The van der Waals surface area contributed by atoms with Gasteiger partial charge in [-0.1, -0.05) is 18.6 Å². The summed E-state index contributed by atoms with van der Waals surface area (Å²) in [6.45, 7) is 0.279. The number of nitrogens with two attached hydrogens (primary N) is 1. The van der Waals surface area contributed by atoms with Gasteiger partial charge >= 0.3 is 6.36 Å². The van der Waals surface area contributed by atoms with E-state index in [0.717, 1.165) is 24.8 Å². The van der Waals surface area contributed by atoms with Gasteiger partial charge in [0, 0.05) is 17.3 Å². The van der Waals surface area contributed by atoms with E-state index in [2.05, 4.69) is 20.4 Å². The summed E-state index contributed by atoms with van der Waals surface area (Å²) < 4.78 is 40.3. The molecule has 1 aliphatic carbocycles. The van der Waals surface area contributed by atoms with Crippen molar-refractivity contribution < 1.29 is 22.7 Å². The first kappa shape index (κ1) is 20.5. The molecule has 1 saturated carbocycles. The van der Waals surface area contributed by atoms with Gasteiger partial charge < -0.3 is 21.1 Å². The smallest absolute Gasteiger partial charge is 0.406 e. The van der Waals surface area contributed by atoms with Gasteiger partial charge in [0.15, 0.2) is 5.96 Å². The van der Waals surface area contributed by atoms with Crippen molar-refractivity contribution in [3.8, 4) is 5.75 Å². The molecule has 0 atom stereocenters. The van der Waals surface area contributed by atoms with E-state index in [-0.39, 0.29) is 30.1 Å². The molecule has 1 amide bonds. The number of rotatable bonds is 6. The van der Waals surface area contributed by atoms with E-state index < -0.39 is 6.36 Å². The van der Waals surface area contributed by atoms with Crippen LogP contribution < -0.4 is 21.1 Å². The Morgan fingerprint density at radius 1 is 1.10 bits per heavy atom. The van der Waals surface area contributed by atoms with Crippen molar-refractivity contribution in [2.45, 2.75) is 32.2 Å². The fourth-order valence-electron chi connectivity index (χ4n) is 2.77. The quantitative estimate of drug-likeness (QED) is 0.494. The second kappa shape index (κ2) is 8.85. The number of hydrogen-bond acceptors (Lipinski definition) is 3. The normalized spacial score (nSPS) is 14.8. The molecule has 1 aliphatic rings. The number of aliphatic imine (C=N–C) groups is 1. The fourth-order valence-corrected chi connectivity index (χ4v) is 2.77. The molecular formula is C20H21F3N4O2. The van der Waals surface area contributed by atoms with Crippen molar-refractivity contribution >= 4 is 23.2 Å². The number of ether oxygens (including phenoxy) is 1. The first-order valence-corrected chi connectivity index (χ1v) is 9.11. The summed E-state index contributed by atoms with van der Waals surface area (Å²) in [7, 11) is 0. The van der Waals surface area contributed by atoms with Crippen LogP contribution in [0.15, 0.2) is 53.5 Å². The van der Waals surface area contributed by atoms with E-state index in [1.807, 2.05) is 24.3 Å². The Bertz CT molecular complexity index is 878. The maximum absolute atomic E-state index is 12.2. The highest BCUT2D eigenvalue weighted by Gasteiger charge is 2.31. The molecule has 2 aromatic carbocycles. The molecule has 0 spiro atoms. The van der Waals surface area contributed by atoms with Crippen LogP contribution in [0.2, 0.25) is 0 Å². The molecule has 0 unspecified atom stereocenters. The van der Waals surface area contributed by atoms with Gasteiger partial charge in [0.2, 0.25) is 5.91 Å². The number of nitrogens with zero attached hydrogens (tertiary/aromatic N) is 1. The standard InChI is InChI=1S/C20H21F3N4O2/c21-20(22,23)29-17-9-7-15(8-10-17)27-19(24)25-12-13-3-1-6-16(11-13)26-18(28)14-4-2-5-14/h1,3,6-11,14H,2,4-5,12H2,(H,26,28)(H3,24,25,27). The van der Waals surface area contributed by atoms with Crippen LogP contribution in [0.3, 0.4) is 0 Å². The third-order valence-electron chi connectivity index (χ3n) is 4.46. The number of anilines is 2. The number of nitrogens with one attached hydrogen (secondary N) is 2. The summed E-state index contributed by atoms with van der Waals surface area (Å²) in [5, 5.41) is 5.71. The Morgan fingerprint density at radius 2 is 1.83 bits per heavy atom. The van der Waals surface area contributed by atoms with E-state index in [0.29, 0.717) is 11.4 Å². The fraction of sp³-hybridized carbons (Fsp3) is 0.300. The molecule has 1 fully saturated rings. The number of halogens is 3. The van der Waals surface area contributed by atoms with Gasteiger partial charge in [-0.05, 0) is 54.8 Å². The second-order valence-corrected chi connectivity index (χ2v) is 6.72. The third-order valence-corrected chi connectivity index (χ3v) is 4.46. The SMILES string of the molecule is NC(=NCc1cccc(NC(=O)C2CCC2)c1)Nc1ccc(OC(F)(F)F)cc1. The Labute approximate surface area is 166 Å². The zero-order valence-corrected chi connectivity index (χ0v) is 15.5. The molecule has 0 radical (unpaired) electrons. The van der Waals surface area contributed by atoms with Crippen LogP contribution in [-0.4, -0.2) is 18.2 Å². The van der Waals surface area contributed by atoms with E-state index in [9.17, 15) is 18.0 Å². The highest BCUT2D eigenvalue weighted by Crippen LogP contribution is 2.28. The highest BCUT2D eigenvalue weighted by molar-refractivity contribution is 5.93. The third kappa shape index (κ3) is 6.41. The maximum atomic E-state index is 12.2. The molecule has 0 aromatic heterocycles. The first-order valence-electron chi connectivity index (χ1n) is 9.11. The minimum atomic E-state index is -4.73. The zero-order valence-electron chi connectivity index (χ0n) is 15.5. The monoisotopic (exact) mass is 406 g/mol. The Kier molecular flexibility index (Phi) is 6.26. The number of benzene rings is 2. The van der Waals surface area contributed by atoms with Crippen LogP contribution in [0.5, 0.6) is 5.75 Å². The van der Waals surface area contributed by atoms with Crippen molar-refractivity contribution in [1.29, 1.82) is 0 Å². The summed E-state index contributed by atoms with van der Waals surface area (Å²) in [5.74, 6) is -0.0711. The van der Waals surface area contributed by atoms with Gasteiger partial charge in [0.25, 0.3) is 0 Å². The van der Waals surface area contributed by atoms with E-state index in [4.69, 9.17) is 5.73 Å². The number of alkyl halides is 3. The van der Waals surface area contributed by atoms with Crippen LogP contribution in [-0.2, 0) is 11.3 Å². The van der Waals surface area contributed by atoms with Gasteiger partial charge in [-0.3, -0.25) is 4.79 Å². The van der Waals surface area contributed by atoms with Gasteiger partial charge in [0.05, 0.1) is 6.54 Å². The van der Waals surface area contributed by atoms with Crippen molar-refractivity contribution in [3.05, 3.63) is 54.1 Å². The summed E-state index contributed by atoms with van der Waals surface area (Å²) in [6, 6.07) is 12.5. The summed E-state index contributed by atoms with van der Waals surface area (Å²) >= 11 is 0. The van der Waals surface area contributed by atoms with E-state index in [1.54, 1.807) is 0 Å². The van der Waals surface area contributed by atoms with E-state index >= 15 is 0 Å². The molecule has 154 valence electrons. The lowest BCUT2D eigenvalue weighted by Gasteiger charge is -2.24. The Balaban J connectivity index is 1.54. The van der Waals surface area contributed by atoms with Gasteiger partial charge in [0.1, 0.15) is 5.75 Å². The second-order valence-electron chi connectivity index (χ2n) is 6.72. The average Bonchev–Trinajstić information content (AvgIpc) is 2.59. The van der Waals surface area contributed by atoms with Crippen molar-refractivity contribution in [2.75, 3.05) is 10.6 Å². The molecule has 2 aromatic rings. The van der Waals surface area contributed by atoms with Crippen molar-refractivity contribution in [2.24, 2.45) is 16.6 Å². The number of carbonyl (C=O) groups is 1. The molecule has 0 bridgehead atoms. The lowest BCUT2D eigenvalue weighted by atomic mass is 9.85. The Hall–Kier alpha value is -3.23. The topological polar surface area (TPSA) is 88.7 Å². The molecule has 9 heteroatoms. The predicted molar refractivity (Wildman–Crippen MR) is 104 cm³/mol. The average molecular weight is 406 g/mol. The lowest BCUT2D eigenvalue weighted by molar-refractivity contribution is -0.274. The number of guanidine groups is 1. The van der Waals surface area contributed by atoms with Crippen molar-refractivity contribution in [1.82, 2.24) is 0 Å². The van der Waals surface area contributed by atoms with Crippen LogP contribution >= 0.6 is 0 Å². The number of amides is 1. The molecular weight excluding hydrogens is 385 g/mol. The summed E-state index contributed by atoms with van der Waals surface area (Å²) in [5.41, 5.74) is 7.88. The molecule has 6 nitrogen and oxygen atoms in total. The molecule has 29 heavy (non-hydrogen) atoms. The van der Waals surface area contributed by atoms with Crippen LogP contribution in [0.4, 0.5) is 24.5 Å². The molecule has 4 N–H and O–H groups in total. The number of carbonyl (C=O) groups excluding carboxylic acids is 1. The molecule has 0 aliphatic heterocycles. The summed E-state index contributed by atoms with van der Waals surface area (Å²) in [4.78, 5) is 16.2. The highest BCUT2D eigenvalue weighted by atomic mass is 19.4. The van der Waals surface area contributed by atoms with Crippen LogP contribution in [0.1, 0.15) is 24.8 Å². The van der Waals surface area contributed by atoms with Crippen LogP contribution in [0.25, 0.3) is 0 Å². The van der Waals surface area contributed by atoms with Gasteiger partial charge in [-0.25, -0.2) is 4.99 Å². The number of hydrogen-bond donors (Lipinski definition) is 3. The Morgan fingerprint density at radius 3 is 2.45 bits per heavy atom. The van der Waals surface area contributed by atoms with Crippen molar-refractivity contribution in [3.63, 3.8) is 0 Å². The van der Waals surface area contributed by atoms with Gasteiger partial charge in [-0.2, -0.15) is 0 Å². The maximum Gasteiger partial charge on any atom is 0.573 e. The minimum Gasteiger partial charge on any atom is -0.406 e. The first-order chi connectivity index (χ1) is 13.8.